The van der Waals surface area contributed by atoms with E-state index in [2.05, 4.69) is 58.2 Å². The molecule has 1 aromatic heterocycles. The Labute approximate surface area is 183 Å². The number of carbonyl (C=O) groups is 2. The molecule has 1 atom stereocenters. The topological polar surface area (TPSA) is 64.7 Å². The van der Waals surface area contributed by atoms with Crippen LogP contribution in [-0.4, -0.2) is 67.4 Å². The molecular weight excluding hydrogens is 396 g/mol. The van der Waals surface area contributed by atoms with E-state index in [1.54, 1.807) is 11.3 Å². The minimum atomic E-state index is 0.0121. The zero-order chi connectivity index (χ0) is 21.3. The van der Waals surface area contributed by atoms with Crippen molar-refractivity contribution in [3.8, 4) is 0 Å². The molecule has 2 N–H and O–H groups in total. The van der Waals surface area contributed by atoms with Crippen LogP contribution in [0.2, 0.25) is 0 Å². The molecule has 0 radical (unpaired) electrons. The van der Waals surface area contributed by atoms with Gasteiger partial charge in [0, 0.05) is 37.6 Å². The number of piperazine rings is 1. The standard InChI is InChI=1S/C23H32N4O2S/c1-3-10-24-21(28)17-26-11-13-27(14-12-26)22(29)16-25-23(20-5-4-15-30-20)19-8-6-18(2)7-9-19/h4-9,15,23,25H,3,10-14,16-17H2,1-2H3,(H,24,28)/t23-/m1/s1. The first kappa shape index (κ1) is 22.5. The molecule has 2 heterocycles. The largest absolute Gasteiger partial charge is 0.355 e. The van der Waals surface area contributed by atoms with Gasteiger partial charge in [-0.05, 0) is 30.4 Å². The lowest BCUT2D eigenvalue weighted by Gasteiger charge is -2.34. The summed E-state index contributed by atoms with van der Waals surface area (Å²) >= 11 is 1.70. The highest BCUT2D eigenvalue weighted by atomic mass is 32.1. The van der Waals surface area contributed by atoms with Gasteiger partial charge < -0.3 is 10.2 Å². The monoisotopic (exact) mass is 428 g/mol. The first-order valence-corrected chi connectivity index (χ1v) is 11.5. The second kappa shape index (κ2) is 11.2. The van der Waals surface area contributed by atoms with E-state index in [1.807, 2.05) is 17.9 Å². The van der Waals surface area contributed by atoms with Gasteiger partial charge in [-0.15, -0.1) is 11.3 Å². The van der Waals surface area contributed by atoms with Crippen molar-refractivity contribution in [1.82, 2.24) is 20.4 Å². The van der Waals surface area contributed by atoms with Crippen LogP contribution in [0.15, 0.2) is 41.8 Å². The Morgan fingerprint density at radius 3 is 2.47 bits per heavy atom. The zero-order valence-corrected chi connectivity index (χ0v) is 18.7. The average molecular weight is 429 g/mol. The fourth-order valence-electron chi connectivity index (χ4n) is 3.58. The van der Waals surface area contributed by atoms with Crippen molar-refractivity contribution in [2.75, 3.05) is 45.8 Å². The lowest BCUT2D eigenvalue weighted by atomic mass is 10.0. The van der Waals surface area contributed by atoms with Crippen LogP contribution in [0.5, 0.6) is 0 Å². The SMILES string of the molecule is CCCNC(=O)CN1CCN(C(=O)CN[C@H](c2ccc(C)cc2)c2cccs2)CC1. The Hall–Kier alpha value is -2.22. The molecule has 1 aliphatic rings. The van der Waals surface area contributed by atoms with Crippen LogP contribution in [0.3, 0.4) is 0 Å². The van der Waals surface area contributed by atoms with Gasteiger partial charge >= 0.3 is 0 Å². The van der Waals surface area contributed by atoms with Gasteiger partial charge in [-0.1, -0.05) is 42.8 Å². The van der Waals surface area contributed by atoms with Crippen molar-refractivity contribution in [1.29, 1.82) is 0 Å². The third kappa shape index (κ3) is 6.39. The summed E-state index contributed by atoms with van der Waals surface area (Å²) in [6, 6.07) is 12.6. The van der Waals surface area contributed by atoms with Crippen molar-refractivity contribution in [3.63, 3.8) is 0 Å². The van der Waals surface area contributed by atoms with Crippen LogP contribution in [0.4, 0.5) is 0 Å². The Kier molecular flexibility index (Phi) is 8.42. The highest BCUT2D eigenvalue weighted by Gasteiger charge is 2.23. The summed E-state index contributed by atoms with van der Waals surface area (Å²) in [7, 11) is 0. The number of nitrogens with one attached hydrogen (secondary N) is 2. The number of hydrogen-bond acceptors (Lipinski definition) is 5. The molecule has 6 nitrogen and oxygen atoms in total. The lowest BCUT2D eigenvalue weighted by molar-refractivity contribution is -0.132. The van der Waals surface area contributed by atoms with E-state index in [0.29, 0.717) is 26.2 Å². The van der Waals surface area contributed by atoms with Gasteiger partial charge in [0.1, 0.15) is 0 Å². The van der Waals surface area contributed by atoms with Crippen LogP contribution in [0, 0.1) is 6.92 Å². The summed E-state index contributed by atoms with van der Waals surface area (Å²) in [6.07, 6.45) is 0.941. The molecule has 0 bridgehead atoms. The van der Waals surface area contributed by atoms with Gasteiger partial charge in [-0.25, -0.2) is 0 Å². The van der Waals surface area contributed by atoms with Crippen LogP contribution < -0.4 is 10.6 Å². The Bertz CT molecular complexity index is 799. The molecule has 0 spiro atoms. The number of rotatable bonds is 9. The van der Waals surface area contributed by atoms with Crippen LogP contribution in [-0.2, 0) is 9.59 Å². The van der Waals surface area contributed by atoms with Gasteiger partial charge in [-0.2, -0.15) is 0 Å². The Balaban J connectivity index is 1.50. The third-order valence-corrected chi connectivity index (χ3v) is 6.30. The fourth-order valence-corrected chi connectivity index (χ4v) is 4.40. The number of aryl methyl sites for hydroxylation is 1. The van der Waals surface area contributed by atoms with Crippen LogP contribution in [0.25, 0.3) is 0 Å². The maximum atomic E-state index is 12.8. The molecule has 7 heteroatoms. The highest BCUT2D eigenvalue weighted by Crippen LogP contribution is 2.26. The number of amides is 2. The van der Waals surface area contributed by atoms with Crippen molar-refractivity contribution in [2.24, 2.45) is 0 Å². The smallest absolute Gasteiger partial charge is 0.236 e. The number of thiophene rings is 1. The quantitative estimate of drug-likeness (QED) is 0.644. The molecular formula is C23H32N4O2S. The maximum absolute atomic E-state index is 12.8. The molecule has 0 unspecified atom stereocenters. The van der Waals surface area contributed by atoms with Crippen LogP contribution in [0.1, 0.15) is 35.4 Å². The van der Waals surface area contributed by atoms with E-state index in [1.165, 1.54) is 16.0 Å². The molecule has 2 amide bonds. The lowest BCUT2D eigenvalue weighted by Crippen LogP contribution is -2.52. The van der Waals surface area contributed by atoms with E-state index in [-0.39, 0.29) is 17.9 Å². The zero-order valence-electron chi connectivity index (χ0n) is 17.9. The molecule has 1 saturated heterocycles. The molecule has 1 aliphatic heterocycles. The first-order valence-electron chi connectivity index (χ1n) is 10.7. The number of hydrogen-bond donors (Lipinski definition) is 2. The summed E-state index contributed by atoms with van der Waals surface area (Å²) in [5.74, 6) is 0.175. The molecule has 0 aliphatic carbocycles. The molecule has 1 fully saturated rings. The normalized spacial score (nSPS) is 15.7. The summed E-state index contributed by atoms with van der Waals surface area (Å²) < 4.78 is 0. The van der Waals surface area contributed by atoms with Crippen molar-refractivity contribution in [2.45, 2.75) is 26.3 Å². The minimum Gasteiger partial charge on any atom is -0.355 e. The van der Waals surface area contributed by atoms with Gasteiger partial charge in [0.05, 0.1) is 19.1 Å². The highest BCUT2D eigenvalue weighted by molar-refractivity contribution is 7.10. The van der Waals surface area contributed by atoms with Gasteiger partial charge in [-0.3, -0.25) is 19.8 Å². The molecule has 162 valence electrons. The van der Waals surface area contributed by atoms with E-state index in [9.17, 15) is 9.59 Å². The first-order chi connectivity index (χ1) is 14.6. The molecule has 3 rings (SSSR count). The summed E-state index contributed by atoms with van der Waals surface area (Å²) in [4.78, 5) is 29.9. The van der Waals surface area contributed by atoms with Gasteiger partial charge in [0.15, 0.2) is 0 Å². The van der Waals surface area contributed by atoms with E-state index in [4.69, 9.17) is 0 Å². The Morgan fingerprint density at radius 1 is 1.10 bits per heavy atom. The van der Waals surface area contributed by atoms with Crippen molar-refractivity contribution < 1.29 is 9.59 Å². The number of carbonyl (C=O) groups excluding carboxylic acids is 2. The summed E-state index contributed by atoms with van der Waals surface area (Å²) in [6.45, 7) is 8.34. The van der Waals surface area contributed by atoms with E-state index < -0.39 is 0 Å². The van der Waals surface area contributed by atoms with Gasteiger partial charge in [0.25, 0.3) is 0 Å². The van der Waals surface area contributed by atoms with Crippen molar-refractivity contribution >= 4 is 23.2 Å². The van der Waals surface area contributed by atoms with E-state index in [0.717, 1.165) is 26.1 Å². The van der Waals surface area contributed by atoms with Gasteiger partial charge in [0.2, 0.25) is 11.8 Å². The third-order valence-electron chi connectivity index (χ3n) is 5.36. The predicted octanol–water partition coefficient (Wildman–Crippen LogP) is 2.41. The average Bonchev–Trinajstić information content (AvgIpc) is 3.28. The van der Waals surface area contributed by atoms with E-state index >= 15 is 0 Å². The Morgan fingerprint density at radius 2 is 1.83 bits per heavy atom. The number of nitrogens with zero attached hydrogens (tertiary/aromatic N) is 2. The second-order valence-corrected chi connectivity index (χ2v) is 8.73. The summed E-state index contributed by atoms with van der Waals surface area (Å²) in [5, 5.41) is 8.44. The summed E-state index contributed by atoms with van der Waals surface area (Å²) in [5.41, 5.74) is 2.39. The molecule has 30 heavy (non-hydrogen) atoms. The van der Waals surface area contributed by atoms with Crippen molar-refractivity contribution in [3.05, 3.63) is 57.8 Å². The molecule has 2 aromatic rings. The predicted molar refractivity (Wildman–Crippen MR) is 122 cm³/mol. The number of benzene rings is 1. The molecule has 1 aromatic carbocycles. The van der Waals surface area contributed by atoms with Crippen LogP contribution >= 0.6 is 11.3 Å². The maximum Gasteiger partial charge on any atom is 0.236 e. The molecule has 0 saturated carbocycles. The second-order valence-electron chi connectivity index (χ2n) is 7.75. The minimum absolute atomic E-state index is 0.0121. The fraction of sp³-hybridized carbons (Fsp3) is 0.478.